The van der Waals surface area contributed by atoms with E-state index in [-0.39, 0.29) is 16.7 Å². The number of carbonyl (C=O) groups excluding carboxylic acids is 2. The molecule has 6 rings (SSSR count). The first-order chi connectivity index (χ1) is 18.4. The van der Waals surface area contributed by atoms with Crippen LogP contribution >= 0.6 is 39.0 Å². The molecule has 3 aromatic carbocycles. The Kier molecular flexibility index (Phi) is 6.63. The number of halogens is 1. The van der Waals surface area contributed by atoms with Crippen LogP contribution in [-0.4, -0.2) is 29.2 Å². The maximum absolute atomic E-state index is 14.0. The zero-order valence-electron chi connectivity index (χ0n) is 20.1. The van der Waals surface area contributed by atoms with E-state index in [1.165, 1.54) is 16.7 Å². The van der Waals surface area contributed by atoms with Crippen molar-refractivity contribution in [2.45, 2.75) is 22.8 Å². The molecule has 3 atom stereocenters. The third kappa shape index (κ3) is 4.36. The number of nitrogens with one attached hydrogen (secondary N) is 1. The normalized spacial score (nSPS) is 20.3. The number of aromatic amines is 1. The van der Waals surface area contributed by atoms with E-state index in [1.54, 1.807) is 31.4 Å². The van der Waals surface area contributed by atoms with Crippen LogP contribution in [-0.2, 0) is 16.2 Å². The van der Waals surface area contributed by atoms with Gasteiger partial charge in [-0.3, -0.25) is 14.4 Å². The SMILES string of the molecule is COc1ccc(N2C(=O)C3Sc4[nH]c(=O)sc4[C@H](c4cc(Br)ccc4OCc4ccccc4)C3C2=O)cc1. The Labute approximate surface area is 234 Å². The highest BCUT2D eigenvalue weighted by molar-refractivity contribution is 9.10. The molecule has 0 spiro atoms. The summed E-state index contributed by atoms with van der Waals surface area (Å²) in [6.07, 6.45) is 0. The highest BCUT2D eigenvalue weighted by Crippen LogP contribution is 2.54. The van der Waals surface area contributed by atoms with Gasteiger partial charge in [-0.15, -0.1) is 0 Å². The minimum absolute atomic E-state index is 0.221. The molecule has 0 aliphatic carbocycles. The lowest BCUT2D eigenvalue weighted by atomic mass is 9.82. The van der Waals surface area contributed by atoms with E-state index in [2.05, 4.69) is 20.9 Å². The van der Waals surface area contributed by atoms with Crippen LogP contribution in [0.1, 0.15) is 21.9 Å². The largest absolute Gasteiger partial charge is 0.497 e. The Morgan fingerprint density at radius 1 is 0.974 bits per heavy atom. The Morgan fingerprint density at radius 3 is 2.47 bits per heavy atom. The second-order valence-corrected chi connectivity index (χ2v) is 12.0. The molecule has 10 heteroatoms. The molecular weight excluding hydrogens is 588 g/mol. The molecule has 1 fully saturated rings. The smallest absolute Gasteiger partial charge is 0.305 e. The number of thioether (sulfide) groups is 1. The van der Waals surface area contributed by atoms with Crippen molar-refractivity contribution in [3.8, 4) is 11.5 Å². The molecule has 1 saturated heterocycles. The summed E-state index contributed by atoms with van der Waals surface area (Å²) < 4.78 is 12.3. The molecule has 2 amide bonds. The number of hydrogen-bond acceptors (Lipinski definition) is 7. The quantitative estimate of drug-likeness (QED) is 0.287. The molecule has 3 heterocycles. The first-order valence-corrected chi connectivity index (χ1v) is 14.3. The second-order valence-electron chi connectivity index (χ2n) is 8.92. The lowest BCUT2D eigenvalue weighted by Crippen LogP contribution is -2.32. The van der Waals surface area contributed by atoms with Crippen LogP contribution in [0.5, 0.6) is 11.5 Å². The van der Waals surface area contributed by atoms with E-state index in [0.717, 1.165) is 31.8 Å². The number of fused-ring (bicyclic) bond motifs is 2. The van der Waals surface area contributed by atoms with Gasteiger partial charge in [0.25, 0.3) is 0 Å². The molecule has 2 unspecified atom stereocenters. The van der Waals surface area contributed by atoms with Gasteiger partial charge in [-0.25, -0.2) is 4.90 Å². The van der Waals surface area contributed by atoms with Crippen molar-refractivity contribution < 1.29 is 19.1 Å². The van der Waals surface area contributed by atoms with Gasteiger partial charge in [0, 0.05) is 20.8 Å². The standard InChI is InChI=1S/C28H21BrN2O5S2/c1-35-18-10-8-17(9-11-18)31-26(32)22-21(23-25(30-28(34)38-23)37-24(22)27(31)33)19-13-16(29)7-12-20(19)36-14-15-5-3-2-4-6-15/h2-13,21-22,24H,14H2,1H3,(H,30,34)/t21-,22?,24?/m1/s1. The minimum Gasteiger partial charge on any atom is -0.497 e. The van der Waals surface area contributed by atoms with Gasteiger partial charge in [-0.1, -0.05) is 69.4 Å². The summed E-state index contributed by atoms with van der Waals surface area (Å²) in [4.78, 5) is 44.8. The van der Waals surface area contributed by atoms with Crippen molar-refractivity contribution >= 4 is 56.5 Å². The monoisotopic (exact) mass is 608 g/mol. The maximum atomic E-state index is 14.0. The van der Waals surface area contributed by atoms with Gasteiger partial charge >= 0.3 is 4.87 Å². The number of rotatable bonds is 6. The summed E-state index contributed by atoms with van der Waals surface area (Å²) in [7, 11) is 1.56. The molecule has 1 N–H and O–H groups in total. The third-order valence-corrected chi connectivity index (χ3v) is 9.59. The van der Waals surface area contributed by atoms with Crippen LogP contribution in [0.25, 0.3) is 0 Å². The number of methoxy groups -OCH3 is 1. The minimum atomic E-state index is -0.707. The number of carbonyl (C=O) groups is 2. The average Bonchev–Trinajstić information content (AvgIpc) is 3.42. The van der Waals surface area contributed by atoms with Crippen molar-refractivity contribution in [2.24, 2.45) is 5.92 Å². The van der Waals surface area contributed by atoms with Gasteiger partial charge in [0.1, 0.15) is 23.4 Å². The summed E-state index contributed by atoms with van der Waals surface area (Å²) in [5, 5.41) is -0.0636. The number of hydrogen-bond donors (Lipinski definition) is 1. The number of nitrogens with zero attached hydrogens (tertiary/aromatic N) is 1. The van der Waals surface area contributed by atoms with Crippen LogP contribution in [0.4, 0.5) is 5.69 Å². The van der Waals surface area contributed by atoms with E-state index in [1.807, 2.05) is 48.5 Å². The lowest BCUT2D eigenvalue weighted by Gasteiger charge is -2.31. The van der Waals surface area contributed by atoms with Crippen molar-refractivity contribution in [1.82, 2.24) is 4.98 Å². The number of anilines is 1. The van der Waals surface area contributed by atoms with Gasteiger partial charge in [0.2, 0.25) is 11.8 Å². The van der Waals surface area contributed by atoms with Gasteiger partial charge in [-0.2, -0.15) is 0 Å². The summed E-state index contributed by atoms with van der Waals surface area (Å²) in [5.74, 6) is -0.623. The second kappa shape index (κ2) is 10.1. The van der Waals surface area contributed by atoms with Crippen molar-refractivity contribution in [3.05, 3.63) is 103 Å². The summed E-state index contributed by atoms with van der Waals surface area (Å²) in [6.45, 7) is 0.339. The molecule has 2 aliphatic rings. The van der Waals surface area contributed by atoms with Gasteiger partial charge in [0.05, 0.1) is 23.7 Å². The molecule has 7 nitrogen and oxygen atoms in total. The molecule has 192 valence electrons. The maximum Gasteiger partial charge on any atom is 0.305 e. The number of amides is 2. The topological polar surface area (TPSA) is 88.7 Å². The van der Waals surface area contributed by atoms with Crippen LogP contribution in [0.2, 0.25) is 0 Å². The Hall–Kier alpha value is -3.34. The van der Waals surface area contributed by atoms with Gasteiger partial charge in [-0.05, 0) is 48.0 Å². The number of H-pyrrole nitrogens is 1. The van der Waals surface area contributed by atoms with Crippen LogP contribution in [0, 0.1) is 5.92 Å². The van der Waals surface area contributed by atoms with Crippen molar-refractivity contribution in [2.75, 3.05) is 12.0 Å². The summed E-state index contributed by atoms with van der Waals surface area (Å²) in [5.41, 5.74) is 2.24. The predicted molar refractivity (Wildman–Crippen MR) is 150 cm³/mol. The Bertz CT molecular complexity index is 1590. The van der Waals surface area contributed by atoms with E-state index in [4.69, 9.17) is 9.47 Å². The Morgan fingerprint density at radius 2 is 1.74 bits per heavy atom. The van der Waals surface area contributed by atoms with Gasteiger partial charge < -0.3 is 14.5 Å². The highest BCUT2D eigenvalue weighted by Gasteiger charge is 2.56. The summed E-state index contributed by atoms with van der Waals surface area (Å²) in [6, 6.07) is 22.3. The molecule has 2 aliphatic heterocycles. The fraction of sp³-hybridized carbons (Fsp3) is 0.179. The van der Waals surface area contributed by atoms with Crippen LogP contribution in [0.15, 0.2) is 87.1 Å². The third-order valence-electron chi connectivity index (χ3n) is 6.70. The predicted octanol–water partition coefficient (Wildman–Crippen LogP) is 5.58. The molecule has 0 saturated carbocycles. The fourth-order valence-electron chi connectivity index (χ4n) is 4.97. The number of aromatic nitrogens is 1. The molecule has 0 radical (unpaired) electrons. The molecular formula is C28H21BrN2O5S2. The van der Waals surface area contributed by atoms with E-state index in [9.17, 15) is 14.4 Å². The Balaban J connectivity index is 1.44. The van der Waals surface area contributed by atoms with Crippen LogP contribution in [0.3, 0.4) is 0 Å². The van der Waals surface area contributed by atoms with Crippen LogP contribution < -0.4 is 19.2 Å². The van der Waals surface area contributed by atoms with E-state index < -0.39 is 17.1 Å². The molecule has 0 bridgehead atoms. The summed E-state index contributed by atoms with van der Waals surface area (Å²) >= 11 is 5.89. The van der Waals surface area contributed by atoms with E-state index in [0.29, 0.717) is 28.8 Å². The highest BCUT2D eigenvalue weighted by atomic mass is 79.9. The number of benzene rings is 3. The zero-order valence-corrected chi connectivity index (χ0v) is 23.3. The first kappa shape index (κ1) is 25.0. The molecule has 38 heavy (non-hydrogen) atoms. The number of thiazole rings is 1. The van der Waals surface area contributed by atoms with Crippen molar-refractivity contribution in [1.29, 1.82) is 0 Å². The molecule has 4 aromatic rings. The number of imide groups is 1. The fourth-order valence-corrected chi connectivity index (χ4v) is 7.85. The zero-order chi connectivity index (χ0) is 26.4. The lowest BCUT2D eigenvalue weighted by molar-refractivity contribution is -0.122. The molecule has 1 aromatic heterocycles. The first-order valence-electron chi connectivity index (χ1n) is 11.8. The number of ether oxygens (including phenoxy) is 2. The van der Waals surface area contributed by atoms with E-state index >= 15 is 0 Å². The van der Waals surface area contributed by atoms with Crippen molar-refractivity contribution in [3.63, 3.8) is 0 Å². The van der Waals surface area contributed by atoms with Gasteiger partial charge in [0.15, 0.2) is 0 Å². The average molecular weight is 610 g/mol.